The minimum Gasteiger partial charge on any atom is -0.323 e. The first-order chi connectivity index (χ1) is 8.63. The van der Waals surface area contributed by atoms with Crippen molar-refractivity contribution in [2.24, 2.45) is 5.73 Å². The van der Waals surface area contributed by atoms with Gasteiger partial charge in [-0.2, -0.15) is 5.10 Å². The lowest BCUT2D eigenvalue weighted by Gasteiger charge is -2.12. The monoisotopic (exact) mass is 266 g/mol. The summed E-state index contributed by atoms with van der Waals surface area (Å²) in [6, 6.07) is -0.114. The minimum atomic E-state index is -0.114. The molecule has 0 aliphatic heterocycles. The second-order valence-electron chi connectivity index (χ2n) is 4.48. The topological polar surface area (TPSA) is 82.5 Å². The summed E-state index contributed by atoms with van der Waals surface area (Å²) in [5, 5.41) is 8.30. The fourth-order valence-electron chi connectivity index (χ4n) is 1.86. The van der Waals surface area contributed by atoms with Gasteiger partial charge in [0.25, 0.3) is 0 Å². The van der Waals surface area contributed by atoms with Crippen LogP contribution in [0, 0.1) is 0 Å². The van der Waals surface area contributed by atoms with Crippen LogP contribution in [-0.4, -0.2) is 24.4 Å². The van der Waals surface area contributed by atoms with Gasteiger partial charge in [0.2, 0.25) is 0 Å². The zero-order chi connectivity index (χ0) is 13.1. The molecule has 0 aromatic carbocycles. The molecule has 7 heteroatoms. The molecule has 0 fully saturated rings. The van der Waals surface area contributed by atoms with Crippen molar-refractivity contribution < 1.29 is 0 Å². The van der Waals surface area contributed by atoms with Gasteiger partial charge in [-0.3, -0.25) is 4.68 Å². The number of rotatable bonds is 5. The molecule has 1 atom stereocenters. The van der Waals surface area contributed by atoms with Gasteiger partial charge in [0, 0.05) is 19.0 Å². The van der Waals surface area contributed by atoms with Crippen LogP contribution in [0.15, 0.2) is 6.33 Å². The van der Waals surface area contributed by atoms with Crippen LogP contribution in [0.1, 0.15) is 49.1 Å². The van der Waals surface area contributed by atoms with Crippen LogP contribution in [-0.2, 0) is 13.0 Å². The van der Waals surface area contributed by atoms with Crippen LogP contribution in [0.2, 0.25) is 0 Å². The van der Waals surface area contributed by atoms with E-state index >= 15 is 0 Å². The Hall–Kier alpha value is -1.34. The van der Waals surface area contributed by atoms with Gasteiger partial charge in [0.1, 0.15) is 12.2 Å². The number of hydrogen-bond acceptors (Lipinski definition) is 6. The summed E-state index contributed by atoms with van der Waals surface area (Å²) < 4.78 is 5.87. The molecule has 2 heterocycles. The largest absolute Gasteiger partial charge is 0.323 e. The van der Waals surface area contributed by atoms with Gasteiger partial charge < -0.3 is 5.73 Å². The second-order valence-corrected chi connectivity index (χ2v) is 5.27. The van der Waals surface area contributed by atoms with E-state index < -0.39 is 0 Å². The van der Waals surface area contributed by atoms with Crippen molar-refractivity contribution in [2.75, 3.05) is 0 Å². The number of nitrogens with two attached hydrogens (primary N) is 1. The molecule has 0 saturated carbocycles. The number of hydrogen-bond donors (Lipinski definition) is 1. The van der Waals surface area contributed by atoms with Crippen LogP contribution in [0.3, 0.4) is 0 Å². The summed E-state index contributed by atoms with van der Waals surface area (Å²) >= 11 is 1.38. The molecule has 98 valence electrons. The Labute approximate surface area is 110 Å². The molecule has 1 unspecified atom stereocenters. The average molecular weight is 266 g/mol. The first kappa shape index (κ1) is 13.1. The minimum absolute atomic E-state index is 0.114. The first-order valence-corrected chi connectivity index (χ1v) is 6.85. The smallest absolute Gasteiger partial charge is 0.138 e. The molecule has 0 aliphatic carbocycles. The van der Waals surface area contributed by atoms with E-state index in [9.17, 15) is 0 Å². The summed E-state index contributed by atoms with van der Waals surface area (Å²) in [4.78, 5) is 5.30. The Morgan fingerprint density at radius 1 is 1.44 bits per heavy atom. The zero-order valence-electron chi connectivity index (χ0n) is 10.9. The standard InChI is InChI=1S/C11H18N6S/c1-4-17-9(13-6-14-17)5-8(12)11-10(7(2)3)15-16-18-11/h6-8H,4-5,12H2,1-3H3. The highest BCUT2D eigenvalue weighted by Gasteiger charge is 2.20. The van der Waals surface area contributed by atoms with Crippen LogP contribution >= 0.6 is 11.5 Å². The maximum atomic E-state index is 6.24. The Balaban J connectivity index is 2.17. The van der Waals surface area contributed by atoms with Gasteiger partial charge in [-0.25, -0.2) is 4.98 Å². The van der Waals surface area contributed by atoms with Gasteiger partial charge in [-0.15, -0.1) is 5.10 Å². The molecule has 6 nitrogen and oxygen atoms in total. The predicted octanol–water partition coefficient (Wildman–Crippen LogP) is 1.52. The van der Waals surface area contributed by atoms with E-state index in [1.807, 2.05) is 11.6 Å². The highest BCUT2D eigenvalue weighted by molar-refractivity contribution is 7.05. The molecule has 2 aromatic heterocycles. The third kappa shape index (κ3) is 2.56. The van der Waals surface area contributed by atoms with E-state index in [1.54, 1.807) is 6.33 Å². The fourth-order valence-corrected chi connectivity index (χ4v) is 2.67. The van der Waals surface area contributed by atoms with E-state index in [2.05, 4.69) is 33.5 Å². The van der Waals surface area contributed by atoms with E-state index in [-0.39, 0.29) is 6.04 Å². The summed E-state index contributed by atoms with van der Waals surface area (Å²) in [5.41, 5.74) is 7.24. The van der Waals surface area contributed by atoms with Crippen LogP contribution in [0.25, 0.3) is 0 Å². The van der Waals surface area contributed by atoms with E-state index in [0.29, 0.717) is 12.3 Å². The van der Waals surface area contributed by atoms with Crippen molar-refractivity contribution in [1.82, 2.24) is 24.4 Å². The average Bonchev–Trinajstić information content (AvgIpc) is 2.96. The van der Waals surface area contributed by atoms with Gasteiger partial charge in [-0.05, 0) is 24.4 Å². The highest BCUT2D eigenvalue weighted by Crippen LogP contribution is 2.26. The molecule has 2 N–H and O–H groups in total. The molecular formula is C11H18N6S. The third-order valence-electron chi connectivity index (χ3n) is 2.82. The number of aromatic nitrogens is 5. The molecule has 18 heavy (non-hydrogen) atoms. The molecular weight excluding hydrogens is 248 g/mol. The van der Waals surface area contributed by atoms with Gasteiger partial charge in [0.05, 0.1) is 10.6 Å². The Morgan fingerprint density at radius 3 is 2.89 bits per heavy atom. The van der Waals surface area contributed by atoms with Gasteiger partial charge in [-0.1, -0.05) is 18.3 Å². The van der Waals surface area contributed by atoms with Crippen molar-refractivity contribution in [3.63, 3.8) is 0 Å². The van der Waals surface area contributed by atoms with Gasteiger partial charge >= 0.3 is 0 Å². The maximum absolute atomic E-state index is 6.24. The summed E-state index contributed by atoms with van der Waals surface area (Å²) in [6.07, 6.45) is 2.23. The summed E-state index contributed by atoms with van der Waals surface area (Å²) in [6.45, 7) is 7.04. The quantitative estimate of drug-likeness (QED) is 0.887. The summed E-state index contributed by atoms with van der Waals surface area (Å²) in [5.74, 6) is 1.25. The third-order valence-corrected chi connectivity index (χ3v) is 3.69. The Kier molecular flexibility index (Phi) is 4.03. The zero-order valence-corrected chi connectivity index (χ0v) is 11.7. The van der Waals surface area contributed by atoms with Crippen molar-refractivity contribution in [1.29, 1.82) is 0 Å². The number of nitrogens with zero attached hydrogens (tertiary/aromatic N) is 5. The van der Waals surface area contributed by atoms with Crippen LogP contribution < -0.4 is 5.73 Å². The van der Waals surface area contributed by atoms with E-state index in [4.69, 9.17) is 5.73 Å². The molecule has 0 bridgehead atoms. The maximum Gasteiger partial charge on any atom is 0.138 e. The molecule has 0 radical (unpaired) electrons. The lowest BCUT2D eigenvalue weighted by atomic mass is 10.0. The molecule has 0 aliphatic rings. The van der Waals surface area contributed by atoms with Gasteiger partial charge in [0.15, 0.2) is 0 Å². The normalized spacial score (nSPS) is 13.2. The van der Waals surface area contributed by atoms with Crippen LogP contribution in [0.4, 0.5) is 0 Å². The van der Waals surface area contributed by atoms with Crippen molar-refractivity contribution in [3.8, 4) is 0 Å². The van der Waals surface area contributed by atoms with E-state index in [0.717, 1.165) is 22.9 Å². The first-order valence-electron chi connectivity index (χ1n) is 6.07. The van der Waals surface area contributed by atoms with Crippen molar-refractivity contribution in [2.45, 2.75) is 45.7 Å². The van der Waals surface area contributed by atoms with Crippen molar-refractivity contribution in [3.05, 3.63) is 22.7 Å². The molecule has 2 aromatic rings. The Morgan fingerprint density at radius 2 is 2.22 bits per heavy atom. The molecule has 0 saturated heterocycles. The predicted molar refractivity (Wildman–Crippen MR) is 70.3 cm³/mol. The molecule has 0 spiro atoms. The SMILES string of the molecule is CCn1ncnc1CC(N)c1snnc1C(C)C. The van der Waals surface area contributed by atoms with E-state index in [1.165, 1.54) is 11.5 Å². The summed E-state index contributed by atoms with van der Waals surface area (Å²) in [7, 11) is 0. The molecule has 2 rings (SSSR count). The lowest BCUT2D eigenvalue weighted by Crippen LogP contribution is -2.17. The Bertz CT molecular complexity index is 503. The second kappa shape index (κ2) is 5.53. The number of aryl methyl sites for hydroxylation is 1. The molecule has 0 amide bonds. The highest BCUT2D eigenvalue weighted by atomic mass is 32.1. The fraction of sp³-hybridized carbons (Fsp3) is 0.636. The van der Waals surface area contributed by atoms with Crippen molar-refractivity contribution >= 4 is 11.5 Å². The van der Waals surface area contributed by atoms with Crippen LogP contribution in [0.5, 0.6) is 0 Å². The lowest BCUT2D eigenvalue weighted by molar-refractivity contribution is 0.580.